The number of carbonyl (C=O) groups excluding carboxylic acids is 1. The van der Waals surface area contributed by atoms with Gasteiger partial charge in [0.1, 0.15) is 5.60 Å². The Labute approximate surface area is 190 Å². The summed E-state index contributed by atoms with van der Waals surface area (Å²) >= 11 is 0. The molecule has 0 radical (unpaired) electrons. The molecule has 0 spiro atoms. The van der Waals surface area contributed by atoms with E-state index in [-0.39, 0.29) is 11.8 Å². The number of carbonyl (C=O) groups is 1. The SMILES string of the molecule is C[C@H](O)C(C)(O)c1ccc(N2CC[C@@H](Cc3ccccc3N3CCN(C)CC3)C2=O)cn1. The van der Waals surface area contributed by atoms with Gasteiger partial charge < -0.3 is 24.9 Å². The van der Waals surface area contributed by atoms with Gasteiger partial charge in [0.25, 0.3) is 0 Å². The zero-order chi connectivity index (χ0) is 22.9. The van der Waals surface area contributed by atoms with Crippen molar-refractivity contribution in [1.82, 2.24) is 9.88 Å². The molecule has 2 fully saturated rings. The molecule has 7 heteroatoms. The lowest BCUT2D eigenvalue weighted by atomic mass is 9.95. The first-order chi connectivity index (χ1) is 15.3. The van der Waals surface area contributed by atoms with Gasteiger partial charge in [0, 0.05) is 44.3 Å². The van der Waals surface area contributed by atoms with Gasteiger partial charge in [-0.15, -0.1) is 0 Å². The zero-order valence-corrected chi connectivity index (χ0v) is 19.2. The standard InChI is InChI=1S/C25H34N4O3/c1-18(30)25(2,32)23-9-8-21(17-26-23)29-11-10-20(24(29)31)16-19-6-4-5-7-22(19)28-14-12-27(3)13-15-28/h4-9,17-18,20,30,32H,10-16H2,1-3H3/t18-,20-,25?/m0/s1. The molecular formula is C25H34N4O3. The number of piperazine rings is 1. The van der Waals surface area contributed by atoms with Crippen LogP contribution in [0.25, 0.3) is 0 Å². The molecule has 0 bridgehead atoms. The molecule has 2 saturated heterocycles. The normalized spacial score (nSPS) is 22.8. The molecule has 1 aromatic heterocycles. The van der Waals surface area contributed by atoms with Crippen molar-refractivity contribution in [3.05, 3.63) is 53.9 Å². The number of anilines is 2. The van der Waals surface area contributed by atoms with Crippen molar-refractivity contribution in [1.29, 1.82) is 0 Å². The van der Waals surface area contributed by atoms with Gasteiger partial charge in [-0.2, -0.15) is 0 Å². The van der Waals surface area contributed by atoms with Crippen molar-refractivity contribution >= 4 is 17.3 Å². The van der Waals surface area contributed by atoms with Crippen molar-refractivity contribution in [2.24, 2.45) is 5.92 Å². The van der Waals surface area contributed by atoms with Crippen molar-refractivity contribution in [2.75, 3.05) is 49.6 Å². The summed E-state index contributed by atoms with van der Waals surface area (Å²) in [5.41, 5.74) is 2.18. The molecule has 32 heavy (non-hydrogen) atoms. The number of aliphatic hydroxyl groups excluding tert-OH is 1. The molecule has 2 aliphatic rings. The molecule has 172 valence electrons. The molecule has 1 amide bonds. The van der Waals surface area contributed by atoms with E-state index in [0.29, 0.717) is 12.2 Å². The Morgan fingerprint density at radius 3 is 2.50 bits per heavy atom. The molecule has 7 nitrogen and oxygen atoms in total. The number of pyridine rings is 1. The molecule has 0 saturated carbocycles. The maximum Gasteiger partial charge on any atom is 0.230 e. The van der Waals surface area contributed by atoms with Crippen LogP contribution in [0.2, 0.25) is 0 Å². The molecule has 3 heterocycles. The van der Waals surface area contributed by atoms with Crippen LogP contribution in [0, 0.1) is 5.92 Å². The van der Waals surface area contributed by atoms with Crippen LogP contribution in [-0.4, -0.2) is 71.9 Å². The summed E-state index contributed by atoms with van der Waals surface area (Å²) in [5, 5.41) is 20.2. The van der Waals surface area contributed by atoms with Crippen LogP contribution in [0.15, 0.2) is 42.6 Å². The van der Waals surface area contributed by atoms with Crippen LogP contribution in [0.4, 0.5) is 11.4 Å². The van der Waals surface area contributed by atoms with Crippen molar-refractivity contribution < 1.29 is 15.0 Å². The summed E-state index contributed by atoms with van der Waals surface area (Å²) in [6.45, 7) is 7.84. The third-order valence-corrected chi connectivity index (χ3v) is 7.01. The van der Waals surface area contributed by atoms with E-state index in [0.717, 1.165) is 44.7 Å². The third-order valence-electron chi connectivity index (χ3n) is 7.01. The minimum Gasteiger partial charge on any atom is -0.390 e. The van der Waals surface area contributed by atoms with E-state index in [1.54, 1.807) is 23.2 Å². The lowest BCUT2D eigenvalue weighted by molar-refractivity contribution is -0.120. The number of likely N-dealkylation sites (N-methyl/N-ethyl adjacent to an activating group) is 1. The second-order valence-electron chi connectivity index (χ2n) is 9.32. The number of nitrogens with zero attached hydrogens (tertiary/aromatic N) is 4. The second kappa shape index (κ2) is 9.17. The predicted molar refractivity (Wildman–Crippen MR) is 126 cm³/mol. The van der Waals surface area contributed by atoms with Gasteiger partial charge in [0.15, 0.2) is 0 Å². The van der Waals surface area contributed by atoms with Gasteiger partial charge in [0.05, 0.1) is 23.7 Å². The van der Waals surface area contributed by atoms with Crippen LogP contribution < -0.4 is 9.80 Å². The van der Waals surface area contributed by atoms with Crippen molar-refractivity contribution in [2.45, 2.75) is 38.4 Å². The predicted octanol–water partition coefficient (Wildman–Crippen LogP) is 2.02. The summed E-state index contributed by atoms with van der Waals surface area (Å²) in [7, 11) is 2.15. The number of hydrogen-bond acceptors (Lipinski definition) is 6. The third kappa shape index (κ3) is 4.51. The summed E-state index contributed by atoms with van der Waals surface area (Å²) in [6, 6.07) is 12.0. The fraction of sp³-hybridized carbons (Fsp3) is 0.520. The highest BCUT2D eigenvalue weighted by Crippen LogP contribution is 2.32. The monoisotopic (exact) mass is 438 g/mol. The van der Waals surface area contributed by atoms with Gasteiger partial charge in [-0.25, -0.2) is 0 Å². The Morgan fingerprint density at radius 1 is 1.12 bits per heavy atom. The Hall–Kier alpha value is -2.48. The van der Waals surface area contributed by atoms with E-state index in [4.69, 9.17) is 0 Å². The highest BCUT2D eigenvalue weighted by molar-refractivity contribution is 5.97. The van der Waals surface area contributed by atoms with Gasteiger partial charge in [0.2, 0.25) is 5.91 Å². The minimum atomic E-state index is -1.43. The van der Waals surface area contributed by atoms with Crippen LogP contribution >= 0.6 is 0 Å². The van der Waals surface area contributed by atoms with Crippen LogP contribution in [0.3, 0.4) is 0 Å². The van der Waals surface area contributed by atoms with E-state index in [9.17, 15) is 15.0 Å². The fourth-order valence-corrected chi connectivity index (χ4v) is 4.55. The van der Waals surface area contributed by atoms with Crippen molar-refractivity contribution in [3.63, 3.8) is 0 Å². The second-order valence-corrected chi connectivity index (χ2v) is 9.32. The Kier molecular flexibility index (Phi) is 6.51. The highest BCUT2D eigenvalue weighted by atomic mass is 16.3. The van der Waals surface area contributed by atoms with Gasteiger partial charge in [-0.1, -0.05) is 18.2 Å². The lowest BCUT2D eigenvalue weighted by Gasteiger charge is -2.35. The molecule has 4 rings (SSSR count). The molecular weight excluding hydrogens is 404 g/mol. The molecule has 0 aliphatic carbocycles. The number of amides is 1. The molecule has 1 unspecified atom stereocenters. The maximum atomic E-state index is 13.2. The summed E-state index contributed by atoms with van der Waals surface area (Å²) in [5.74, 6) is 0.0684. The van der Waals surface area contributed by atoms with Gasteiger partial charge in [-0.3, -0.25) is 9.78 Å². The average molecular weight is 439 g/mol. The van der Waals surface area contributed by atoms with E-state index in [1.165, 1.54) is 25.1 Å². The fourth-order valence-electron chi connectivity index (χ4n) is 4.55. The summed E-state index contributed by atoms with van der Waals surface area (Å²) in [6.07, 6.45) is 2.22. The molecule has 2 N–H and O–H groups in total. The number of aliphatic hydroxyl groups is 2. The molecule has 2 aromatic rings. The first-order valence-electron chi connectivity index (χ1n) is 11.5. The minimum absolute atomic E-state index is 0.0520. The molecule has 1 aromatic carbocycles. The van der Waals surface area contributed by atoms with E-state index in [2.05, 4.69) is 46.1 Å². The highest BCUT2D eigenvalue weighted by Gasteiger charge is 2.35. The lowest BCUT2D eigenvalue weighted by Crippen LogP contribution is -2.44. The Morgan fingerprint density at radius 2 is 1.84 bits per heavy atom. The molecule has 3 atom stereocenters. The summed E-state index contributed by atoms with van der Waals surface area (Å²) < 4.78 is 0. The van der Waals surface area contributed by atoms with Gasteiger partial charge >= 0.3 is 0 Å². The van der Waals surface area contributed by atoms with Gasteiger partial charge in [-0.05, 0) is 57.5 Å². The Balaban J connectivity index is 1.46. The van der Waals surface area contributed by atoms with E-state index < -0.39 is 11.7 Å². The smallest absolute Gasteiger partial charge is 0.230 e. The maximum absolute atomic E-state index is 13.2. The Bertz CT molecular complexity index is 936. The number of para-hydroxylation sites is 1. The largest absolute Gasteiger partial charge is 0.390 e. The quantitative estimate of drug-likeness (QED) is 0.718. The first kappa shape index (κ1) is 22.7. The average Bonchev–Trinajstić information content (AvgIpc) is 3.15. The van der Waals surface area contributed by atoms with Crippen LogP contribution in [-0.2, 0) is 16.8 Å². The number of hydrogen-bond donors (Lipinski definition) is 2. The number of aromatic nitrogens is 1. The number of rotatable bonds is 6. The summed E-state index contributed by atoms with van der Waals surface area (Å²) in [4.78, 5) is 24.1. The van der Waals surface area contributed by atoms with E-state index in [1.807, 2.05) is 0 Å². The topological polar surface area (TPSA) is 80.1 Å². The number of benzene rings is 1. The van der Waals surface area contributed by atoms with Crippen molar-refractivity contribution in [3.8, 4) is 0 Å². The van der Waals surface area contributed by atoms with Crippen LogP contribution in [0.1, 0.15) is 31.5 Å². The zero-order valence-electron chi connectivity index (χ0n) is 19.2. The first-order valence-corrected chi connectivity index (χ1v) is 11.5. The van der Waals surface area contributed by atoms with E-state index >= 15 is 0 Å². The molecule has 2 aliphatic heterocycles. The van der Waals surface area contributed by atoms with Crippen LogP contribution in [0.5, 0.6) is 0 Å².